The smallest absolute Gasteiger partial charge is 0.410 e. The number of halogens is 1. The second kappa shape index (κ2) is 7.36. The zero-order valence-corrected chi connectivity index (χ0v) is 17.0. The van der Waals surface area contributed by atoms with Gasteiger partial charge in [-0.25, -0.2) is 4.79 Å². The minimum atomic E-state index is -0.607. The van der Waals surface area contributed by atoms with Crippen molar-refractivity contribution in [3.05, 3.63) is 13.9 Å². The van der Waals surface area contributed by atoms with E-state index in [2.05, 4.69) is 4.98 Å². The van der Waals surface area contributed by atoms with Crippen molar-refractivity contribution < 1.29 is 14.6 Å². The predicted octanol–water partition coefficient (Wildman–Crippen LogP) is 0.385. The lowest BCUT2D eigenvalue weighted by Crippen LogP contribution is -2.58. The third kappa shape index (κ3) is 4.35. The third-order valence-electron chi connectivity index (χ3n) is 3.84. The van der Waals surface area contributed by atoms with E-state index in [-0.39, 0.29) is 18.0 Å². The maximum Gasteiger partial charge on any atom is 0.410 e. The Kier molecular flexibility index (Phi) is 5.82. The number of amides is 1. The van der Waals surface area contributed by atoms with Crippen molar-refractivity contribution >= 4 is 40.5 Å². The van der Waals surface area contributed by atoms with Crippen LogP contribution in [0.4, 0.5) is 16.6 Å². The SMILES string of the molecule is Cn1c(N2CCN(C(=O)OC(C)(C)C)[C@@H](CO)C2)nc(N)c(I)c1=O. The molecule has 2 rings (SSSR count). The van der Waals surface area contributed by atoms with Crippen LogP contribution < -0.4 is 16.2 Å². The average molecular weight is 465 g/mol. The number of piperazine rings is 1. The highest BCUT2D eigenvalue weighted by atomic mass is 127. The van der Waals surface area contributed by atoms with Crippen LogP contribution in [-0.2, 0) is 11.8 Å². The molecular weight excluding hydrogens is 441 g/mol. The number of hydrogen-bond donors (Lipinski definition) is 2. The van der Waals surface area contributed by atoms with E-state index in [0.29, 0.717) is 29.2 Å². The molecule has 1 aromatic heterocycles. The summed E-state index contributed by atoms with van der Waals surface area (Å²) in [6, 6.07) is -0.457. The highest BCUT2D eigenvalue weighted by molar-refractivity contribution is 14.1. The zero-order valence-electron chi connectivity index (χ0n) is 14.8. The molecular formula is C15H24IN5O4. The number of anilines is 2. The number of ether oxygens (including phenoxy) is 1. The number of aliphatic hydroxyl groups excluding tert-OH is 1. The molecule has 0 aromatic carbocycles. The van der Waals surface area contributed by atoms with Crippen molar-refractivity contribution in [2.45, 2.75) is 32.4 Å². The first kappa shape index (κ1) is 19.8. The Balaban J connectivity index is 2.22. The van der Waals surface area contributed by atoms with Crippen molar-refractivity contribution in [1.29, 1.82) is 0 Å². The van der Waals surface area contributed by atoms with Crippen LogP contribution in [0.3, 0.4) is 0 Å². The van der Waals surface area contributed by atoms with E-state index >= 15 is 0 Å². The second-order valence-corrected chi connectivity index (χ2v) is 8.01. The van der Waals surface area contributed by atoms with Crippen molar-refractivity contribution in [1.82, 2.24) is 14.5 Å². The maximum atomic E-state index is 12.3. The standard InChI is InChI=1S/C15H24IN5O4/c1-15(2,3)25-14(24)21-6-5-20(7-9(21)8-22)13-18-11(17)10(16)12(23)19(13)4/h9,22H,5-8,17H2,1-4H3/t9-/m1/s1. The van der Waals surface area contributed by atoms with Gasteiger partial charge in [-0.15, -0.1) is 0 Å². The topological polar surface area (TPSA) is 114 Å². The summed E-state index contributed by atoms with van der Waals surface area (Å²) in [5.74, 6) is 0.596. The van der Waals surface area contributed by atoms with Gasteiger partial charge in [0.1, 0.15) is 15.0 Å². The van der Waals surface area contributed by atoms with E-state index in [1.807, 2.05) is 27.5 Å². The molecule has 0 spiro atoms. The number of carbonyl (C=O) groups is 1. The van der Waals surface area contributed by atoms with E-state index in [1.165, 1.54) is 9.47 Å². The van der Waals surface area contributed by atoms with Crippen LogP contribution in [0.15, 0.2) is 4.79 Å². The fourth-order valence-electron chi connectivity index (χ4n) is 2.62. The van der Waals surface area contributed by atoms with Crippen LogP contribution in [0.1, 0.15) is 20.8 Å². The summed E-state index contributed by atoms with van der Waals surface area (Å²) < 4.78 is 7.19. The third-order valence-corrected chi connectivity index (χ3v) is 4.86. The first-order valence-electron chi connectivity index (χ1n) is 7.92. The number of rotatable bonds is 2. The van der Waals surface area contributed by atoms with E-state index in [4.69, 9.17) is 10.5 Å². The molecule has 0 unspecified atom stereocenters. The van der Waals surface area contributed by atoms with Gasteiger partial charge in [-0.3, -0.25) is 14.3 Å². The first-order chi connectivity index (χ1) is 11.5. The van der Waals surface area contributed by atoms with Crippen molar-refractivity contribution in [3.8, 4) is 0 Å². The quantitative estimate of drug-likeness (QED) is 0.608. The van der Waals surface area contributed by atoms with Gasteiger partial charge in [0.05, 0.1) is 12.6 Å². The van der Waals surface area contributed by atoms with E-state index in [9.17, 15) is 14.7 Å². The molecule has 10 heteroatoms. The van der Waals surface area contributed by atoms with Gasteiger partial charge in [0.2, 0.25) is 5.95 Å². The summed E-state index contributed by atoms with van der Waals surface area (Å²) in [5, 5.41) is 9.70. The Hall–Kier alpha value is -1.56. The number of carbonyl (C=O) groups excluding carboxylic acids is 1. The van der Waals surface area contributed by atoms with Crippen LogP contribution in [0.25, 0.3) is 0 Å². The van der Waals surface area contributed by atoms with Gasteiger partial charge in [0.15, 0.2) is 0 Å². The molecule has 25 heavy (non-hydrogen) atoms. The van der Waals surface area contributed by atoms with Gasteiger partial charge in [-0.2, -0.15) is 4.98 Å². The van der Waals surface area contributed by atoms with Crippen molar-refractivity contribution in [2.75, 3.05) is 36.9 Å². The van der Waals surface area contributed by atoms with Crippen LogP contribution in [0, 0.1) is 3.57 Å². The average Bonchev–Trinajstić information content (AvgIpc) is 2.54. The fourth-order valence-corrected chi connectivity index (χ4v) is 3.10. The molecule has 1 atom stereocenters. The molecule has 1 fully saturated rings. The largest absolute Gasteiger partial charge is 0.444 e. The van der Waals surface area contributed by atoms with Crippen LogP contribution in [-0.4, -0.2) is 63.5 Å². The highest BCUT2D eigenvalue weighted by Gasteiger charge is 2.34. The van der Waals surface area contributed by atoms with Crippen molar-refractivity contribution in [2.24, 2.45) is 7.05 Å². The fraction of sp³-hybridized carbons (Fsp3) is 0.667. The van der Waals surface area contributed by atoms with Gasteiger partial charge >= 0.3 is 6.09 Å². The molecule has 1 aliphatic heterocycles. The summed E-state index contributed by atoms with van der Waals surface area (Å²) in [4.78, 5) is 32.2. The van der Waals surface area contributed by atoms with Crippen LogP contribution >= 0.6 is 22.6 Å². The van der Waals surface area contributed by atoms with Gasteiger partial charge < -0.3 is 20.5 Å². The molecule has 1 aromatic rings. The molecule has 0 aliphatic carbocycles. The number of nitrogens with two attached hydrogens (primary N) is 1. The molecule has 2 heterocycles. The van der Waals surface area contributed by atoms with Gasteiger partial charge in [0.25, 0.3) is 5.56 Å². The van der Waals surface area contributed by atoms with E-state index in [0.717, 1.165) is 0 Å². The normalized spacial score (nSPS) is 18.4. The molecule has 1 amide bonds. The van der Waals surface area contributed by atoms with Crippen LogP contribution in [0.2, 0.25) is 0 Å². The molecule has 1 aliphatic rings. The Bertz CT molecular complexity index is 715. The second-order valence-electron chi connectivity index (χ2n) is 6.93. The summed E-state index contributed by atoms with van der Waals surface area (Å²) in [6.07, 6.45) is -0.463. The predicted molar refractivity (Wildman–Crippen MR) is 103 cm³/mol. The molecule has 9 nitrogen and oxygen atoms in total. The van der Waals surface area contributed by atoms with E-state index < -0.39 is 17.7 Å². The summed E-state index contributed by atoms with van der Waals surface area (Å²) >= 11 is 1.87. The molecule has 0 saturated carbocycles. The Labute approximate surface area is 159 Å². The number of aromatic nitrogens is 2. The molecule has 1 saturated heterocycles. The summed E-state index contributed by atoms with van der Waals surface area (Å²) in [6.45, 7) is 6.30. The minimum absolute atomic E-state index is 0.175. The number of nitrogen functional groups attached to an aromatic ring is 1. The van der Waals surface area contributed by atoms with Gasteiger partial charge in [0, 0.05) is 26.7 Å². The van der Waals surface area contributed by atoms with Gasteiger partial charge in [-0.05, 0) is 43.4 Å². The molecule has 140 valence electrons. The number of aliphatic hydroxyl groups is 1. The van der Waals surface area contributed by atoms with Crippen molar-refractivity contribution in [3.63, 3.8) is 0 Å². The monoisotopic (exact) mass is 465 g/mol. The van der Waals surface area contributed by atoms with Gasteiger partial charge in [-0.1, -0.05) is 0 Å². The first-order valence-corrected chi connectivity index (χ1v) is 9.00. The summed E-state index contributed by atoms with van der Waals surface area (Å²) in [5.41, 5.74) is 4.99. The van der Waals surface area contributed by atoms with Crippen LogP contribution in [0.5, 0.6) is 0 Å². The lowest BCUT2D eigenvalue weighted by molar-refractivity contribution is 0.00689. The summed E-state index contributed by atoms with van der Waals surface area (Å²) in [7, 11) is 1.63. The lowest BCUT2D eigenvalue weighted by Gasteiger charge is -2.41. The highest BCUT2D eigenvalue weighted by Crippen LogP contribution is 2.20. The number of hydrogen-bond acceptors (Lipinski definition) is 7. The minimum Gasteiger partial charge on any atom is -0.444 e. The molecule has 0 bridgehead atoms. The maximum absolute atomic E-state index is 12.3. The molecule has 3 N–H and O–H groups in total. The lowest BCUT2D eigenvalue weighted by atomic mass is 10.2. The van der Waals surface area contributed by atoms with E-state index in [1.54, 1.807) is 27.8 Å². The Morgan fingerprint density at radius 1 is 1.44 bits per heavy atom. The zero-order chi connectivity index (χ0) is 18.9. The Morgan fingerprint density at radius 2 is 2.08 bits per heavy atom. The number of nitrogens with zero attached hydrogens (tertiary/aromatic N) is 4. The Morgan fingerprint density at radius 3 is 2.64 bits per heavy atom. The molecule has 0 radical (unpaired) electrons.